The van der Waals surface area contributed by atoms with E-state index in [9.17, 15) is 13.2 Å². The van der Waals surface area contributed by atoms with Crippen molar-refractivity contribution in [2.45, 2.75) is 20.8 Å². The van der Waals surface area contributed by atoms with Gasteiger partial charge in [0.1, 0.15) is 0 Å². The van der Waals surface area contributed by atoms with Crippen LogP contribution >= 0.6 is 0 Å². The van der Waals surface area contributed by atoms with Crippen LogP contribution in [0.3, 0.4) is 0 Å². The summed E-state index contributed by atoms with van der Waals surface area (Å²) in [6.45, 7) is 5.50. The zero-order chi connectivity index (χ0) is 10.9. The van der Waals surface area contributed by atoms with E-state index in [1.165, 1.54) is 6.92 Å². The van der Waals surface area contributed by atoms with Crippen LogP contribution in [0.4, 0.5) is 0 Å². The molecule has 0 aliphatic rings. The van der Waals surface area contributed by atoms with Gasteiger partial charge in [-0.25, -0.2) is 0 Å². The van der Waals surface area contributed by atoms with Crippen LogP contribution in [0, 0.1) is 0 Å². The van der Waals surface area contributed by atoms with Gasteiger partial charge in [-0.15, -0.1) is 0 Å². The van der Waals surface area contributed by atoms with Crippen molar-refractivity contribution in [3.8, 4) is 0 Å². The Morgan fingerprint density at radius 1 is 1.23 bits per heavy atom. The molecule has 0 fully saturated rings. The molecule has 0 aliphatic carbocycles. The molecule has 0 heterocycles. The second kappa shape index (κ2) is 8.00. The van der Waals surface area contributed by atoms with Crippen molar-refractivity contribution in [1.29, 1.82) is 0 Å². The highest BCUT2D eigenvalue weighted by molar-refractivity contribution is 7.85. The van der Waals surface area contributed by atoms with E-state index in [0.717, 1.165) is 6.26 Å². The van der Waals surface area contributed by atoms with Gasteiger partial charge in [0.15, 0.2) is 0 Å². The van der Waals surface area contributed by atoms with Crippen molar-refractivity contribution >= 4 is 16.1 Å². The number of carbonyl (C=O) groups is 1. The number of ether oxygens (including phenoxy) is 1. The summed E-state index contributed by atoms with van der Waals surface area (Å²) < 4.78 is 28.6. The Labute approximate surface area is 79.2 Å². The molecular formula is C7H16O5S. The fraction of sp³-hybridized carbons (Fsp3) is 0.857. The van der Waals surface area contributed by atoms with Gasteiger partial charge in [-0.05, 0) is 13.8 Å². The highest BCUT2D eigenvalue weighted by Gasteiger charge is 1.94. The van der Waals surface area contributed by atoms with E-state index in [-0.39, 0.29) is 12.6 Å². The summed E-state index contributed by atoms with van der Waals surface area (Å²) >= 11 is 0. The molecule has 0 spiro atoms. The third-order valence-corrected chi connectivity index (χ3v) is 1.34. The molecule has 0 unspecified atom stereocenters. The van der Waals surface area contributed by atoms with Gasteiger partial charge in [0.2, 0.25) is 0 Å². The molecule has 0 atom stereocenters. The number of esters is 1. The van der Waals surface area contributed by atoms with Gasteiger partial charge in [0.05, 0.1) is 19.5 Å². The summed E-state index contributed by atoms with van der Waals surface area (Å²) in [6, 6.07) is 0. The lowest BCUT2D eigenvalue weighted by Crippen LogP contribution is -2.00. The summed E-state index contributed by atoms with van der Waals surface area (Å²) in [5.41, 5.74) is 0. The van der Waals surface area contributed by atoms with Crippen molar-refractivity contribution in [2.24, 2.45) is 0 Å². The van der Waals surface area contributed by atoms with Gasteiger partial charge in [-0.1, -0.05) is 0 Å². The normalized spacial score (nSPS) is 9.85. The fourth-order valence-electron chi connectivity index (χ4n) is 0.417. The Balaban J connectivity index is 0. The summed E-state index contributed by atoms with van der Waals surface area (Å²) in [4.78, 5) is 9.82. The van der Waals surface area contributed by atoms with Crippen molar-refractivity contribution in [3.63, 3.8) is 0 Å². The van der Waals surface area contributed by atoms with Crippen LogP contribution < -0.4 is 0 Å². The second-order valence-corrected chi connectivity index (χ2v) is 3.68. The molecule has 0 radical (unpaired) electrons. The average molecular weight is 212 g/mol. The van der Waals surface area contributed by atoms with Crippen molar-refractivity contribution in [1.82, 2.24) is 0 Å². The Morgan fingerprint density at radius 2 is 1.69 bits per heavy atom. The highest BCUT2D eigenvalue weighted by atomic mass is 32.2. The zero-order valence-corrected chi connectivity index (χ0v) is 9.18. The molecule has 0 N–H and O–H groups in total. The first-order valence-corrected chi connectivity index (χ1v) is 5.62. The Hall–Kier alpha value is -0.620. The Bertz CT molecular complexity index is 219. The topological polar surface area (TPSA) is 69.7 Å². The lowest BCUT2D eigenvalue weighted by Gasteiger charge is -1.90. The van der Waals surface area contributed by atoms with Crippen LogP contribution in [-0.4, -0.2) is 33.9 Å². The maximum atomic E-state index is 10.0. The molecule has 0 aromatic rings. The van der Waals surface area contributed by atoms with Crippen LogP contribution in [0.2, 0.25) is 0 Å². The predicted molar refractivity (Wildman–Crippen MR) is 48.8 cm³/mol. The SMILES string of the molecule is CCOC(C)=O.CCOS(C)(=O)=O. The minimum atomic E-state index is -3.17. The van der Waals surface area contributed by atoms with Crippen LogP contribution in [0.25, 0.3) is 0 Å². The monoisotopic (exact) mass is 212 g/mol. The summed E-state index contributed by atoms with van der Waals surface area (Å²) in [5, 5.41) is 0. The third kappa shape index (κ3) is 24.6. The smallest absolute Gasteiger partial charge is 0.302 e. The molecule has 0 saturated heterocycles. The van der Waals surface area contributed by atoms with Crippen LogP contribution in [0.1, 0.15) is 20.8 Å². The zero-order valence-electron chi connectivity index (χ0n) is 8.36. The maximum Gasteiger partial charge on any atom is 0.302 e. The van der Waals surface area contributed by atoms with Gasteiger partial charge < -0.3 is 4.74 Å². The van der Waals surface area contributed by atoms with Crippen molar-refractivity contribution < 1.29 is 22.1 Å². The molecule has 0 saturated carbocycles. The largest absolute Gasteiger partial charge is 0.466 e. The molecule has 0 bridgehead atoms. The van der Waals surface area contributed by atoms with E-state index in [0.29, 0.717) is 6.61 Å². The molecule has 13 heavy (non-hydrogen) atoms. The molecule has 0 aromatic heterocycles. The van der Waals surface area contributed by atoms with Gasteiger partial charge in [-0.3, -0.25) is 8.98 Å². The van der Waals surface area contributed by atoms with Gasteiger partial charge in [0, 0.05) is 6.92 Å². The standard InChI is InChI=1S/C4H8O2.C3H8O3S/c1-3-6-4(2)5;1-3-6-7(2,4)5/h3H2,1-2H3;3H2,1-2H3. The number of carbonyl (C=O) groups excluding carboxylic acids is 1. The first-order valence-electron chi connectivity index (χ1n) is 3.81. The lowest BCUT2D eigenvalue weighted by atomic mass is 10.8. The van der Waals surface area contributed by atoms with E-state index in [2.05, 4.69) is 8.92 Å². The van der Waals surface area contributed by atoms with Crippen molar-refractivity contribution in [3.05, 3.63) is 0 Å². The summed E-state index contributed by atoms with van der Waals surface area (Å²) in [5.74, 6) is -0.211. The molecule has 0 aromatic carbocycles. The van der Waals surface area contributed by atoms with Crippen LogP contribution in [0.15, 0.2) is 0 Å². The molecule has 0 rings (SSSR count). The van der Waals surface area contributed by atoms with E-state index >= 15 is 0 Å². The molecule has 6 heteroatoms. The quantitative estimate of drug-likeness (QED) is 0.505. The fourth-order valence-corrected chi connectivity index (χ4v) is 0.845. The van der Waals surface area contributed by atoms with E-state index in [1.807, 2.05) is 0 Å². The number of hydrogen-bond donors (Lipinski definition) is 0. The molecule has 0 amide bonds. The minimum Gasteiger partial charge on any atom is -0.466 e. The molecule has 0 aliphatic heterocycles. The average Bonchev–Trinajstić information content (AvgIpc) is 1.84. The maximum absolute atomic E-state index is 10.0. The molecule has 80 valence electrons. The van der Waals surface area contributed by atoms with Gasteiger partial charge >= 0.3 is 5.97 Å². The van der Waals surface area contributed by atoms with Crippen molar-refractivity contribution in [2.75, 3.05) is 19.5 Å². The van der Waals surface area contributed by atoms with E-state index < -0.39 is 10.1 Å². The van der Waals surface area contributed by atoms with Gasteiger partial charge in [0.25, 0.3) is 10.1 Å². The second-order valence-electron chi connectivity index (χ2n) is 2.04. The molecule has 5 nitrogen and oxygen atoms in total. The number of hydrogen-bond acceptors (Lipinski definition) is 5. The number of rotatable bonds is 3. The Kier molecular flexibility index (Phi) is 9.16. The first-order chi connectivity index (χ1) is 5.83. The van der Waals surface area contributed by atoms with E-state index in [4.69, 9.17) is 0 Å². The first kappa shape index (κ1) is 14.9. The van der Waals surface area contributed by atoms with Gasteiger partial charge in [-0.2, -0.15) is 8.42 Å². The van der Waals surface area contributed by atoms with E-state index in [1.54, 1.807) is 13.8 Å². The Morgan fingerprint density at radius 3 is 1.69 bits per heavy atom. The van der Waals surface area contributed by atoms with Crippen LogP contribution in [-0.2, 0) is 23.8 Å². The third-order valence-electron chi connectivity index (χ3n) is 0.680. The minimum absolute atomic E-state index is 0.211. The van der Waals surface area contributed by atoms with Crippen LogP contribution in [0.5, 0.6) is 0 Å². The predicted octanol–water partition coefficient (Wildman–Crippen LogP) is 0.552. The summed E-state index contributed by atoms with van der Waals surface area (Å²) in [7, 11) is -3.17. The lowest BCUT2D eigenvalue weighted by molar-refractivity contribution is -0.140. The highest BCUT2D eigenvalue weighted by Crippen LogP contribution is 1.81. The summed E-state index contributed by atoms with van der Waals surface area (Å²) in [6.07, 6.45) is 1.02. The molecular weight excluding hydrogens is 196 g/mol.